The van der Waals surface area contributed by atoms with E-state index in [4.69, 9.17) is 9.47 Å². The maximum atomic E-state index is 5.93. The van der Waals surface area contributed by atoms with Gasteiger partial charge in [-0.25, -0.2) is 0 Å². The van der Waals surface area contributed by atoms with Gasteiger partial charge in [-0.2, -0.15) is 0 Å². The molecule has 2 rings (SSSR count). The second kappa shape index (κ2) is 5.74. The molecular weight excluding hydrogens is 250 g/mol. The molecule has 1 unspecified atom stereocenters. The van der Waals surface area contributed by atoms with E-state index in [0.717, 1.165) is 12.4 Å². The van der Waals surface area contributed by atoms with Gasteiger partial charge in [0, 0.05) is 5.54 Å². The molecule has 1 saturated heterocycles. The minimum atomic E-state index is 0.0273. The van der Waals surface area contributed by atoms with Gasteiger partial charge in [0.1, 0.15) is 12.4 Å². The largest absolute Gasteiger partial charge is 0.492 e. The van der Waals surface area contributed by atoms with Crippen LogP contribution in [0.4, 0.5) is 0 Å². The van der Waals surface area contributed by atoms with Gasteiger partial charge in [-0.05, 0) is 37.0 Å². The summed E-state index contributed by atoms with van der Waals surface area (Å²) in [7, 11) is 0. The molecule has 0 bridgehead atoms. The minimum Gasteiger partial charge on any atom is -0.492 e. The first-order chi connectivity index (χ1) is 9.26. The summed E-state index contributed by atoms with van der Waals surface area (Å²) in [5.74, 6) is 0.933. The van der Waals surface area contributed by atoms with Crippen LogP contribution in [-0.4, -0.2) is 31.4 Å². The summed E-state index contributed by atoms with van der Waals surface area (Å²) in [6.07, 6.45) is 0. The molecule has 1 atom stereocenters. The third kappa shape index (κ3) is 4.22. The lowest BCUT2D eigenvalue weighted by Crippen LogP contribution is -2.57. The van der Waals surface area contributed by atoms with Gasteiger partial charge in [0.25, 0.3) is 0 Å². The van der Waals surface area contributed by atoms with Crippen LogP contribution in [0.2, 0.25) is 0 Å². The van der Waals surface area contributed by atoms with Crippen molar-refractivity contribution in [3.8, 4) is 5.75 Å². The van der Waals surface area contributed by atoms with Crippen LogP contribution in [0.15, 0.2) is 24.3 Å². The fourth-order valence-electron chi connectivity index (χ4n) is 2.43. The molecule has 20 heavy (non-hydrogen) atoms. The molecule has 3 heteroatoms. The van der Waals surface area contributed by atoms with Crippen molar-refractivity contribution in [2.75, 3.05) is 19.8 Å². The van der Waals surface area contributed by atoms with Crippen molar-refractivity contribution >= 4 is 0 Å². The number of hydrogen-bond donors (Lipinski definition) is 1. The highest BCUT2D eigenvalue weighted by atomic mass is 16.5. The van der Waals surface area contributed by atoms with Gasteiger partial charge in [-0.1, -0.05) is 32.9 Å². The maximum absolute atomic E-state index is 5.93. The summed E-state index contributed by atoms with van der Waals surface area (Å²) < 4.78 is 11.6. The molecule has 3 nitrogen and oxygen atoms in total. The highest BCUT2D eigenvalue weighted by molar-refractivity contribution is 5.32. The van der Waals surface area contributed by atoms with Crippen LogP contribution in [-0.2, 0) is 10.2 Å². The third-order valence-corrected chi connectivity index (χ3v) is 3.53. The summed E-state index contributed by atoms with van der Waals surface area (Å²) in [6, 6.07) is 8.61. The molecule has 0 radical (unpaired) electrons. The Bertz CT molecular complexity index is 449. The molecule has 0 saturated carbocycles. The van der Waals surface area contributed by atoms with E-state index < -0.39 is 0 Å². The molecule has 1 N–H and O–H groups in total. The predicted molar refractivity (Wildman–Crippen MR) is 82.5 cm³/mol. The Labute approximate surface area is 122 Å². The highest BCUT2D eigenvalue weighted by Crippen LogP contribution is 2.25. The van der Waals surface area contributed by atoms with Gasteiger partial charge >= 0.3 is 0 Å². The Kier molecular flexibility index (Phi) is 4.40. The average molecular weight is 277 g/mol. The molecule has 1 aromatic carbocycles. The van der Waals surface area contributed by atoms with Crippen molar-refractivity contribution in [2.45, 2.75) is 51.6 Å². The second-order valence-electron chi connectivity index (χ2n) is 7.33. The van der Waals surface area contributed by atoms with Crippen LogP contribution >= 0.6 is 0 Å². The smallest absolute Gasteiger partial charge is 0.119 e. The van der Waals surface area contributed by atoms with Crippen molar-refractivity contribution in [2.24, 2.45) is 0 Å². The standard InChI is InChI=1S/C17H27NO2/c1-16(2,3)13-7-6-8-15(9-13)20-11-14-10-19-12-17(4,5)18-14/h6-9,14,18H,10-12H2,1-5H3. The first-order valence-electron chi connectivity index (χ1n) is 7.35. The highest BCUT2D eigenvalue weighted by Gasteiger charge is 2.28. The number of rotatable bonds is 3. The van der Waals surface area contributed by atoms with Gasteiger partial charge in [0.2, 0.25) is 0 Å². The lowest BCUT2D eigenvalue weighted by Gasteiger charge is -2.36. The number of morpholine rings is 1. The average Bonchev–Trinajstić information content (AvgIpc) is 2.35. The van der Waals surface area contributed by atoms with Crippen molar-refractivity contribution in [3.05, 3.63) is 29.8 Å². The van der Waals surface area contributed by atoms with Crippen molar-refractivity contribution in [1.29, 1.82) is 0 Å². The van der Waals surface area contributed by atoms with E-state index in [0.29, 0.717) is 13.2 Å². The van der Waals surface area contributed by atoms with Crippen LogP contribution in [0.3, 0.4) is 0 Å². The number of ether oxygens (including phenoxy) is 2. The Balaban J connectivity index is 1.94. The molecule has 112 valence electrons. The SMILES string of the molecule is CC1(C)COCC(COc2cccc(C(C)(C)C)c2)N1. The minimum absolute atomic E-state index is 0.0273. The number of hydrogen-bond acceptors (Lipinski definition) is 3. The van der Waals surface area contributed by atoms with Crippen LogP contribution in [0.25, 0.3) is 0 Å². The Morgan fingerprint density at radius 3 is 2.75 bits per heavy atom. The zero-order valence-electron chi connectivity index (χ0n) is 13.3. The molecule has 1 aliphatic heterocycles. The summed E-state index contributed by atoms with van der Waals surface area (Å²) in [6.45, 7) is 13.0. The van der Waals surface area contributed by atoms with Crippen LogP contribution in [0.5, 0.6) is 5.75 Å². The zero-order valence-corrected chi connectivity index (χ0v) is 13.3. The first kappa shape index (κ1) is 15.3. The van der Waals surface area contributed by atoms with Gasteiger partial charge in [0.05, 0.1) is 19.3 Å². The second-order valence-corrected chi connectivity index (χ2v) is 7.33. The fraction of sp³-hybridized carbons (Fsp3) is 0.647. The molecule has 0 aromatic heterocycles. The molecule has 1 heterocycles. The van der Waals surface area contributed by atoms with E-state index >= 15 is 0 Å². The zero-order chi connectivity index (χ0) is 14.8. The monoisotopic (exact) mass is 277 g/mol. The fourth-order valence-corrected chi connectivity index (χ4v) is 2.43. The predicted octanol–water partition coefficient (Wildman–Crippen LogP) is 3.13. The van der Waals surface area contributed by atoms with Gasteiger partial charge in [-0.15, -0.1) is 0 Å². The summed E-state index contributed by atoms with van der Waals surface area (Å²) in [5, 5.41) is 3.56. The van der Waals surface area contributed by atoms with E-state index in [9.17, 15) is 0 Å². The Morgan fingerprint density at radius 2 is 2.10 bits per heavy atom. The molecule has 0 aliphatic carbocycles. The molecule has 1 aromatic rings. The normalized spacial score (nSPS) is 22.6. The first-order valence-corrected chi connectivity index (χ1v) is 7.35. The van der Waals surface area contributed by atoms with E-state index in [2.05, 4.69) is 58.1 Å². The Morgan fingerprint density at radius 1 is 1.35 bits per heavy atom. The number of benzene rings is 1. The van der Waals surface area contributed by atoms with Crippen molar-refractivity contribution < 1.29 is 9.47 Å². The van der Waals surface area contributed by atoms with E-state index in [1.807, 2.05) is 6.07 Å². The topological polar surface area (TPSA) is 30.5 Å². The lowest BCUT2D eigenvalue weighted by molar-refractivity contribution is 0.000936. The third-order valence-electron chi connectivity index (χ3n) is 3.53. The van der Waals surface area contributed by atoms with Gasteiger partial charge in [0.15, 0.2) is 0 Å². The molecular formula is C17H27NO2. The Hall–Kier alpha value is -1.06. The maximum Gasteiger partial charge on any atom is 0.119 e. The lowest BCUT2D eigenvalue weighted by atomic mass is 9.87. The molecule has 1 aliphatic rings. The quantitative estimate of drug-likeness (QED) is 0.921. The van der Waals surface area contributed by atoms with Crippen LogP contribution < -0.4 is 10.1 Å². The van der Waals surface area contributed by atoms with Crippen molar-refractivity contribution in [1.82, 2.24) is 5.32 Å². The van der Waals surface area contributed by atoms with Crippen LogP contribution in [0, 0.1) is 0 Å². The van der Waals surface area contributed by atoms with E-state index in [1.54, 1.807) is 0 Å². The van der Waals surface area contributed by atoms with Gasteiger partial charge < -0.3 is 14.8 Å². The molecule has 0 spiro atoms. The molecule has 0 amide bonds. The molecule has 1 fully saturated rings. The van der Waals surface area contributed by atoms with Crippen LogP contribution in [0.1, 0.15) is 40.2 Å². The van der Waals surface area contributed by atoms with Gasteiger partial charge in [-0.3, -0.25) is 0 Å². The summed E-state index contributed by atoms with van der Waals surface area (Å²) >= 11 is 0. The van der Waals surface area contributed by atoms with Crippen molar-refractivity contribution in [3.63, 3.8) is 0 Å². The van der Waals surface area contributed by atoms with E-state index in [-0.39, 0.29) is 17.0 Å². The number of nitrogens with one attached hydrogen (secondary N) is 1. The summed E-state index contributed by atoms with van der Waals surface area (Å²) in [4.78, 5) is 0. The summed E-state index contributed by atoms with van der Waals surface area (Å²) in [5.41, 5.74) is 1.47. The van der Waals surface area contributed by atoms with E-state index in [1.165, 1.54) is 5.56 Å².